The molecule has 0 aliphatic heterocycles. The Labute approximate surface area is 116 Å². The van der Waals surface area contributed by atoms with E-state index < -0.39 is 4.92 Å². The third kappa shape index (κ3) is 2.66. The summed E-state index contributed by atoms with van der Waals surface area (Å²) in [6.45, 7) is 1.46. The Morgan fingerprint density at radius 3 is 2.55 bits per heavy atom. The standard InChI is InChI=1S/C15H13NO4/c1-10(17)11-4-3-5-12(8-11)14-7-6-13(20-2)9-15(14)16(18)19/h3-9H,1-2H3. The van der Waals surface area contributed by atoms with E-state index in [1.54, 1.807) is 36.4 Å². The second-order valence-corrected chi connectivity index (χ2v) is 4.28. The molecule has 0 heterocycles. The first-order valence-corrected chi connectivity index (χ1v) is 5.96. The Kier molecular flexibility index (Phi) is 3.79. The summed E-state index contributed by atoms with van der Waals surface area (Å²) in [4.78, 5) is 22.1. The number of hydrogen-bond acceptors (Lipinski definition) is 4. The third-order valence-corrected chi connectivity index (χ3v) is 2.98. The van der Waals surface area contributed by atoms with E-state index in [9.17, 15) is 14.9 Å². The van der Waals surface area contributed by atoms with E-state index in [1.165, 1.54) is 20.1 Å². The molecule has 0 atom stereocenters. The SMILES string of the molecule is COc1ccc(-c2cccc(C(C)=O)c2)c([N+](=O)[O-])c1. The van der Waals surface area contributed by atoms with E-state index in [1.807, 2.05) is 0 Å². The number of hydrogen-bond donors (Lipinski definition) is 0. The smallest absolute Gasteiger partial charge is 0.280 e. The molecular weight excluding hydrogens is 258 g/mol. The molecule has 0 saturated heterocycles. The summed E-state index contributed by atoms with van der Waals surface area (Å²) in [5.74, 6) is 0.339. The number of rotatable bonds is 4. The molecule has 0 saturated carbocycles. The van der Waals surface area contributed by atoms with Gasteiger partial charge in [-0.05, 0) is 30.7 Å². The van der Waals surface area contributed by atoms with Crippen LogP contribution in [0.5, 0.6) is 5.75 Å². The number of methoxy groups -OCH3 is 1. The molecule has 20 heavy (non-hydrogen) atoms. The fourth-order valence-electron chi connectivity index (χ4n) is 1.94. The monoisotopic (exact) mass is 271 g/mol. The van der Waals surface area contributed by atoms with Crippen LogP contribution in [0.2, 0.25) is 0 Å². The van der Waals surface area contributed by atoms with Gasteiger partial charge >= 0.3 is 0 Å². The Morgan fingerprint density at radius 1 is 1.20 bits per heavy atom. The van der Waals surface area contributed by atoms with E-state index in [4.69, 9.17) is 4.74 Å². The van der Waals surface area contributed by atoms with Crippen molar-refractivity contribution in [2.75, 3.05) is 7.11 Å². The van der Waals surface area contributed by atoms with Gasteiger partial charge in [-0.15, -0.1) is 0 Å². The minimum absolute atomic E-state index is 0.0509. The van der Waals surface area contributed by atoms with Crippen molar-refractivity contribution in [1.82, 2.24) is 0 Å². The molecule has 5 heteroatoms. The van der Waals surface area contributed by atoms with Crippen molar-refractivity contribution in [3.8, 4) is 16.9 Å². The van der Waals surface area contributed by atoms with Gasteiger partial charge < -0.3 is 4.74 Å². The molecule has 0 radical (unpaired) electrons. The van der Waals surface area contributed by atoms with Gasteiger partial charge in [0, 0.05) is 5.56 Å². The number of ether oxygens (including phenoxy) is 1. The lowest BCUT2D eigenvalue weighted by Gasteiger charge is -2.06. The molecule has 2 aromatic carbocycles. The highest BCUT2D eigenvalue weighted by molar-refractivity contribution is 5.95. The lowest BCUT2D eigenvalue weighted by molar-refractivity contribution is -0.384. The molecule has 2 aromatic rings. The Morgan fingerprint density at radius 2 is 1.95 bits per heavy atom. The lowest BCUT2D eigenvalue weighted by Crippen LogP contribution is -1.96. The molecule has 0 spiro atoms. The molecule has 0 bridgehead atoms. The molecular formula is C15H13NO4. The lowest BCUT2D eigenvalue weighted by atomic mass is 10.00. The molecule has 0 aromatic heterocycles. The van der Waals surface area contributed by atoms with Crippen LogP contribution >= 0.6 is 0 Å². The first-order valence-electron chi connectivity index (χ1n) is 5.96. The maximum atomic E-state index is 11.4. The molecule has 0 aliphatic carbocycles. The number of Topliss-reactive ketones (excluding diaryl/α,β-unsaturated/α-hetero) is 1. The first kappa shape index (κ1) is 13.7. The van der Waals surface area contributed by atoms with Crippen molar-refractivity contribution in [2.24, 2.45) is 0 Å². The summed E-state index contributed by atoms with van der Waals surface area (Å²) in [5.41, 5.74) is 1.56. The molecule has 102 valence electrons. The summed E-state index contributed by atoms with van der Waals surface area (Å²) in [7, 11) is 1.45. The average Bonchev–Trinajstić information content (AvgIpc) is 2.46. The van der Waals surface area contributed by atoms with Crippen LogP contribution in [0.25, 0.3) is 11.1 Å². The Balaban J connectivity index is 2.60. The minimum Gasteiger partial charge on any atom is -0.497 e. The fraction of sp³-hybridized carbons (Fsp3) is 0.133. The third-order valence-electron chi connectivity index (χ3n) is 2.98. The molecule has 0 unspecified atom stereocenters. The van der Waals surface area contributed by atoms with Crippen LogP contribution in [0, 0.1) is 10.1 Å². The number of nitro benzene ring substituents is 1. The van der Waals surface area contributed by atoms with Crippen molar-refractivity contribution in [3.05, 3.63) is 58.1 Å². The number of nitrogens with zero attached hydrogens (tertiary/aromatic N) is 1. The van der Waals surface area contributed by atoms with E-state index in [-0.39, 0.29) is 11.5 Å². The summed E-state index contributed by atoms with van der Waals surface area (Å²) in [5, 5.41) is 11.2. The number of carbonyl (C=O) groups excluding carboxylic acids is 1. The van der Waals surface area contributed by atoms with Gasteiger partial charge in [0.25, 0.3) is 5.69 Å². The molecule has 0 N–H and O–H groups in total. The molecule has 0 fully saturated rings. The summed E-state index contributed by atoms with van der Waals surface area (Å²) < 4.78 is 5.00. The fourth-order valence-corrected chi connectivity index (χ4v) is 1.94. The Bertz CT molecular complexity index is 679. The van der Waals surface area contributed by atoms with Crippen LogP contribution in [0.3, 0.4) is 0 Å². The van der Waals surface area contributed by atoms with E-state index in [0.29, 0.717) is 22.4 Å². The maximum Gasteiger partial charge on any atom is 0.280 e. The van der Waals surface area contributed by atoms with Crippen molar-refractivity contribution in [1.29, 1.82) is 0 Å². The topological polar surface area (TPSA) is 69.4 Å². The highest BCUT2D eigenvalue weighted by Crippen LogP contribution is 2.33. The second kappa shape index (κ2) is 5.52. The van der Waals surface area contributed by atoms with Gasteiger partial charge in [-0.1, -0.05) is 18.2 Å². The largest absolute Gasteiger partial charge is 0.497 e. The van der Waals surface area contributed by atoms with Crippen molar-refractivity contribution >= 4 is 11.5 Å². The van der Waals surface area contributed by atoms with Crippen LogP contribution in [0.1, 0.15) is 17.3 Å². The van der Waals surface area contributed by atoms with Gasteiger partial charge in [-0.2, -0.15) is 0 Å². The zero-order valence-corrected chi connectivity index (χ0v) is 11.1. The normalized spacial score (nSPS) is 10.1. The van der Waals surface area contributed by atoms with Gasteiger partial charge in [-0.3, -0.25) is 14.9 Å². The number of benzene rings is 2. The highest BCUT2D eigenvalue weighted by Gasteiger charge is 2.17. The van der Waals surface area contributed by atoms with Crippen molar-refractivity contribution in [3.63, 3.8) is 0 Å². The molecule has 0 aliphatic rings. The van der Waals surface area contributed by atoms with Crippen LogP contribution < -0.4 is 4.74 Å². The van der Waals surface area contributed by atoms with Gasteiger partial charge in [0.1, 0.15) is 5.75 Å². The van der Waals surface area contributed by atoms with Crippen LogP contribution in [-0.4, -0.2) is 17.8 Å². The quantitative estimate of drug-likeness (QED) is 0.485. The molecule has 2 rings (SSSR count). The predicted molar refractivity (Wildman–Crippen MR) is 75.1 cm³/mol. The maximum absolute atomic E-state index is 11.4. The summed E-state index contributed by atoms with van der Waals surface area (Å²) in [6.07, 6.45) is 0. The van der Waals surface area contributed by atoms with Crippen LogP contribution in [0.4, 0.5) is 5.69 Å². The minimum atomic E-state index is -0.460. The van der Waals surface area contributed by atoms with E-state index >= 15 is 0 Å². The highest BCUT2D eigenvalue weighted by atomic mass is 16.6. The Hall–Kier alpha value is -2.69. The van der Waals surface area contributed by atoms with Crippen molar-refractivity contribution < 1.29 is 14.5 Å². The van der Waals surface area contributed by atoms with Gasteiger partial charge in [-0.25, -0.2) is 0 Å². The van der Waals surface area contributed by atoms with Gasteiger partial charge in [0.05, 0.1) is 23.7 Å². The predicted octanol–water partition coefficient (Wildman–Crippen LogP) is 3.47. The molecule has 5 nitrogen and oxygen atoms in total. The van der Waals surface area contributed by atoms with Crippen LogP contribution in [-0.2, 0) is 0 Å². The number of ketones is 1. The zero-order valence-electron chi connectivity index (χ0n) is 11.1. The number of carbonyl (C=O) groups is 1. The van der Waals surface area contributed by atoms with Crippen molar-refractivity contribution in [2.45, 2.75) is 6.92 Å². The number of nitro groups is 1. The summed E-state index contributed by atoms with van der Waals surface area (Å²) in [6, 6.07) is 11.4. The van der Waals surface area contributed by atoms with Crippen LogP contribution in [0.15, 0.2) is 42.5 Å². The average molecular weight is 271 g/mol. The van der Waals surface area contributed by atoms with E-state index in [2.05, 4.69) is 0 Å². The summed E-state index contributed by atoms with van der Waals surface area (Å²) >= 11 is 0. The van der Waals surface area contributed by atoms with Gasteiger partial charge in [0.2, 0.25) is 0 Å². The van der Waals surface area contributed by atoms with E-state index in [0.717, 1.165) is 0 Å². The molecule has 0 amide bonds. The first-order chi connectivity index (χ1) is 9.52. The second-order valence-electron chi connectivity index (χ2n) is 4.28. The zero-order chi connectivity index (χ0) is 14.7. The van der Waals surface area contributed by atoms with Gasteiger partial charge in [0.15, 0.2) is 5.78 Å².